The summed E-state index contributed by atoms with van der Waals surface area (Å²) in [6, 6.07) is 10.8. The highest BCUT2D eigenvalue weighted by atomic mass is 16.5. The number of anilines is 2. The molecule has 0 aliphatic carbocycles. The molecule has 2 aromatic carbocycles. The van der Waals surface area contributed by atoms with Crippen LogP contribution in [0.25, 0.3) is 0 Å². The van der Waals surface area contributed by atoms with Gasteiger partial charge in [0.1, 0.15) is 11.4 Å². The van der Waals surface area contributed by atoms with Gasteiger partial charge in [-0.3, -0.25) is 4.90 Å². The summed E-state index contributed by atoms with van der Waals surface area (Å²) in [7, 11) is 0. The Morgan fingerprint density at radius 2 is 1.66 bits per heavy atom. The number of fused-ring (bicyclic) bond motifs is 1. The second kappa shape index (κ2) is 7.91. The number of nitrogens with one attached hydrogen (secondary N) is 1. The van der Waals surface area contributed by atoms with Crippen LogP contribution < -0.4 is 15.0 Å². The largest absolute Gasteiger partial charge is 0.485 e. The Labute approximate surface area is 175 Å². The third-order valence-electron chi connectivity index (χ3n) is 6.68. The van der Waals surface area contributed by atoms with Crippen molar-refractivity contribution in [3.63, 3.8) is 0 Å². The fourth-order valence-electron chi connectivity index (χ4n) is 5.00. The molecular formula is C25H35N3O. The molecule has 1 N–H and O–H groups in total. The lowest BCUT2D eigenvalue weighted by atomic mass is 9.91. The molecule has 1 fully saturated rings. The van der Waals surface area contributed by atoms with E-state index < -0.39 is 0 Å². The molecule has 0 spiro atoms. The van der Waals surface area contributed by atoms with E-state index in [2.05, 4.69) is 80.1 Å². The number of piperazine rings is 1. The topological polar surface area (TPSA) is 27.7 Å². The maximum absolute atomic E-state index is 6.65. The summed E-state index contributed by atoms with van der Waals surface area (Å²) in [6.07, 6.45) is 0.993. The van der Waals surface area contributed by atoms with Gasteiger partial charge in [-0.05, 0) is 63.4 Å². The first-order valence-electron chi connectivity index (χ1n) is 11.0. The lowest BCUT2D eigenvalue weighted by Crippen LogP contribution is -2.52. The number of benzene rings is 2. The average molecular weight is 394 g/mol. The molecule has 156 valence electrons. The van der Waals surface area contributed by atoms with E-state index in [1.807, 2.05) is 0 Å². The number of para-hydroxylation sites is 1. The number of hydrogen-bond donors (Lipinski definition) is 1. The molecular weight excluding hydrogens is 358 g/mol. The third kappa shape index (κ3) is 3.83. The fraction of sp³-hybridized carbons (Fsp3) is 0.520. The highest BCUT2D eigenvalue weighted by Gasteiger charge is 2.39. The molecule has 29 heavy (non-hydrogen) atoms. The van der Waals surface area contributed by atoms with Crippen LogP contribution in [0.2, 0.25) is 0 Å². The molecule has 2 aliphatic rings. The van der Waals surface area contributed by atoms with Crippen molar-refractivity contribution < 1.29 is 4.74 Å². The molecule has 0 saturated carbocycles. The van der Waals surface area contributed by atoms with Gasteiger partial charge in [0.15, 0.2) is 0 Å². The molecule has 2 aromatic rings. The fourth-order valence-corrected chi connectivity index (χ4v) is 5.00. The Morgan fingerprint density at radius 3 is 2.31 bits per heavy atom. The summed E-state index contributed by atoms with van der Waals surface area (Å²) in [6.45, 7) is 17.4. The standard InChI is InChI=1S/C25H35N3O/c1-6-26-23-18(2)19(3)24-22(20(23)4)16-25(5,29-24)17-27-12-14-28(15-13-27)21-10-8-7-9-11-21/h7-11,26H,6,12-17H2,1-5H3. The first-order chi connectivity index (χ1) is 13.9. The van der Waals surface area contributed by atoms with Crippen LogP contribution in [-0.4, -0.2) is 49.8 Å². The van der Waals surface area contributed by atoms with Crippen molar-refractivity contribution in [2.75, 3.05) is 49.5 Å². The predicted octanol–water partition coefficient (Wildman–Crippen LogP) is 4.56. The molecule has 2 aliphatic heterocycles. The van der Waals surface area contributed by atoms with Crippen molar-refractivity contribution in [1.82, 2.24) is 4.90 Å². The van der Waals surface area contributed by atoms with E-state index in [0.717, 1.165) is 51.4 Å². The monoisotopic (exact) mass is 393 g/mol. The third-order valence-corrected chi connectivity index (χ3v) is 6.68. The first kappa shape index (κ1) is 20.1. The van der Waals surface area contributed by atoms with Gasteiger partial charge in [-0.2, -0.15) is 0 Å². The molecule has 1 saturated heterocycles. The van der Waals surface area contributed by atoms with E-state index in [1.54, 1.807) is 0 Å². The lowest BCUT2D eigenvalue weighted by molar-refractivity contribution is 0.0604. The molecule has 4 heteroatoms. The van der Waals surface area contributed by atoms with Crippen LogP contribution in [0.5, 0.6) is 5.75 Å². The van der Waals surface area contributed by atoms with Crippen molar-refractivity contribution in [2.45, 2.75) is 46.6 Å². The molecule has 0 radical (unpaired) electrons. The number of ether oxygens (including phenoxy) is 1. The normalized spacial score (nSPS) is 21.8. The first-order valence-corrected chi connectivity index (χ1v) is 11.0. The zero-order chi connectivity index (χ0) is 20.6. The zero-order valence-electron chi connectivity index (χ0n) is 18.6. The smallest absolute Gasteiger partial charge is 0.127 e. The highest BCUT2D eigenvalue weighted by molar-refractivity contribution is 5.68. The van der Waals surface area contributed by atoms with Gasteiger partial charge < -0.3 is 15.0 Å². The van der Waals surface area contributed by atoms with Crippen LogP contribution in [0.15, 0.2) is 30.3 Å². The van der Waals surface area contributed by atoms with Crippen LogP contribution >= 0.6 is 0 Å². The quantitative estimate of drug-likeness (QED) is 0.806. The minimum absolute atomic E-state index is 0.149. The summed E-state index contributed by atoms with van der Waals surface area (Å²) in [5.74, 6) is 1.13. The van der Waals surface area contributed by atoms with Gasteiger partial charge in [-0.25, -0.2) is 0 Å². The van der Waals surface area contributed by atoms with Crippen LogP contribution in [0.3, 0.4) is 0 Å². The maximum Gasteiger partial charge on any atom is 0.127 e. The second-order valence-corrected chi connectivity index (χ2v) is 8.92. The van der Waals surface area contributed by atoms with Crippen LogP contribution in [0, 0.1) is 20.8 Å². The van der Waals surface area contributed by atoms with Gasteiger partial charge in [0, 0.05) is 62.6 Å². The molecule has 1 unspecified atom stereocenters. The van der Waals surface area contributed by atoms with Crippen molar-refractivity contribution in [3.8, 4) is 5.75 Å². The molecule has 2 heterocycles. The molecule has 0 bridgehead atoms. The van der Waals surface area contributed by atoms with E-state index in [1.165, 1.54) is 33.6 Å². The van der Waals surface area contributed by atoms with E-state index in [0.29, 0.717) is 0 Å². The molecule has 4 nitrogen and oxygen atoms in total. The van der Waals surface area contributed by atoms with E-state index in [9.17, 15) is 0 Å². The number of hydrogen-bond acceptors (Lipinski definition) is 4. The zero-order valence-corrected chi connectivity index (χ0v) is 18.6. The van der Waals surface area contributed by atoms with Crippen molar-refractivity contribution in [3.05, 3.63) is 52.6 Å². The number of rotatable bonds is 5. The van der Waals surface area contributed by atoms with Gasteiger partial charge in [0.25, 0.3) is 0 Å². The summed E-state index contributed by atoms with van der Waals surface area (Å²) in [4.78, 5) is 5.07. The molecule has 4 rings (SSSR count). The molecule has 0 amide bonds. The minimum Gasteiger partial charge on any atom is -0.485 e. The summed E-state index contributed by atoms with van der Waals surface area (Å²) >= 11 is 0. The average Bonchev–Trinajstić information content (AvgIpc) is 3.08. The van der Waals surface area contributed by atoms with Gasteiger partial charge >= 0.3 is 0 Å². The SMILES string of the molecule is CCNc1c(C)c(C)c2c(c1C)CC(C)(CN1CCN(c3ccccc3)CC1)O2. The Balaban J connectivity index is 1.45. The Hall–Kier alpha value is -2.20. The van der Waals surface area contributed by atoms with Crippen molar-refractivity contribution in [1.29, 1.82) is 0 Å². The Kier molecular flexibility index (Phi) is 5.48. The van der Waals surface area contributed by atoms with Crippen molar-refractivity contribution in [2.24, 2.45) is 0 Å². The van der Waals surface area contributed by atoms with Gasteiger partial charge in [-0.15, -0.1) is 0 Å². The second-order valence-electron chi connectivity index (χ2n) is 8.92. The summed E-state index contributed by atoms with van der Waals surface area (Å²) in [5.41, 5.74) is 7.86. The van der Waals surface area contributed by atoms with Crippen LogP contribution in [0.1, 0.15) is 36.1 Å². The van der Waals surface area contributed by atoms with Gasteiger partial charge in [0.05, 0.1) is 0 Å². The Morgan fingerprint density at radius 1 is 0.966 bits per heavy atom. The van der Waals surface area contributed by atoms with E-state index >= 15 is 0 Å². The number of nitrogens with zero attached hydrogens (tertiary/aromatic N) is 2. The molecule has 1 atom stereocenters. The van der Waals surface area contributed by atoms with Crippen LogP contribution in [-0.2, 0) is 6.42 Å². The van der Waals surface area contributed by atoms with E-state index in [-0.39, 0.29) is 5.60 Å². The lowest BCUT2D eigenvalue weighted by Gasteiger charge is -2.39. The minimum atomic E-state index is -0.149. The van der Waals surface area contributed by atoms with Gasteiger partial charge in [0.2, 0.25) is 0 Å². The predicted molar refractivity (Wildman–Crippen MR) is 123 cm³/mol. The van der Waals surface area contributed by atoms with E-state index in [4.69, 9.17) is 4.74 Å². The summed E-state index contributed by atoms with van der Waals surface area (Å²) in [5, 5.41) is 3.57. The summed E-state index contributed by atoms with van der Waals surface area (Å²) < 4.78 is 6.65. The van der Waals surface area contributed by atoms with Gasteiger partial charge in [-0.1, -0.05) is 18.2 Å². The highest BCUT2D eigenvalue weighted by Crippen LogP contribution is 2.44. The Bertz CT molecular complexity index is 872. The van der Waals surface area contributed by atoms with Crippen molar-refractivity contribution >= 4 is 11.4 Å². The maximum atomic E-state index is 6.65. The van der Waals surface area contributed by atoms with Crippen LogP contribution in [0.4, 0.5) is 11.4 Å². The molecule has 0 aromatic heterocycles.